The van der Waals surface area contributed by atoms with Crippen LogP contribution in [0.15, 0.2) is 65.1 Å². The van der Waals surface area contributed by atoms with Crippen molar-refractivity contribution in [3.63, 3.8) is 0 Å². The third-order valence-corrected chi connectivity index (χ3v) is 5.18. The summed E-state index contributed by atoms with van der Waals surface area (Å²) in [6.07, 6.45) is 0. The number of carbonyl (C=O) groups is 2. The first kappa shape index (κ1) is 20.7. The van der Waals surface area contributed by atoms with Gasteiger partial charge in [-0.1, -0.05) is 18.2 Å². The zero-order valence-electron chi connectivity index (χ0n) is 17.2. The highest BCUT2D eigenvalue weighted by molar-refractivity contribution is 5.95. The third kappa shape index (κ3) is 4.94. The zero-order valence-corrected chi connectivity index (χ0v) is 17.2. The molecule has 2 heterocycles. The SMILES string of the molecule is Cc1ccc(C(=O)N2CCN(C(=O)c3cccc(COc4cccc(F)c4)c3)CC2)o1. The standard InChI is InChI=1S/C24H23FN2O4/c1-17-8-9-22(31-17)24(29)27-12-10-26(11-13-27)23(28)19-5-2-4-18(14-19)16-30-21-7-3-6-20(25)15-21/h2-9,14-15H,10-13,16H2,1H3. The predicted molar refractivity (Wildman–Crippen MR) is 112 cm³/mol. The van der Waals surface area contributed by atoms with Crippen molar-refractivity contribution >= 4 is 11.8 Å². The maximum atomic E-state index is 13.3. The van der Waals surface area contributed by atoms with E-state index >= 15 is 0 Å². The van der Waals surface area contributed by atoms with Crippen molar-refractivity contribution in [3.05, 3.63) is 89.1 Å². The number of nitrogens with zero attached hydrogens (tertiary/aromatic N) is 2. The van der Waals surface area contributed by atoms with Gasteiger partial charge in [0, 0.05) is 37.8 Å². The number of aryl methyl sites for hydroxylation is 1. The van der Waals surface area contributed by atoms with Gasteiger partial charge in [-0.25, -0.2) is 4.39 Å². The molecule has 2 aromatic carbocycles. The zero-order chi connectivity index (χ0) is 21.8. The Bertz CT molecular complexity index is 1090. The van der Waals surface area contributed by atoms with E-state index in [1.165, 1.54) is 12.1 Å². The molecule has 1 aromatic heterocycles. The van der Waals surface area contributed by atoms with Gasteiger partial charge in [0.15, 0.2) is 5.76 Å². The highest BCUT2D eigenvalue weighted by Crippen LogP contribution is 2.17. The molecule has 0 spiro atoms. The number of carbonyl (C=O) groups excluding carboxylic acids is 2. The van der Waals surface area contributed by atoms with Gasteiger partial charge in [-0.2, -0.15) is 0 Å². The summed E-state index contributed by atoms with van der Waals surface area (Å²) in [5.74, 6) is 0.845. The minimum absolute atomic E-state index is 0.0893. The first-order valence-electron chi connectivity index (χ1n) is 10.1. The number of hydrogen-bond acceptors (Lipinski definition) is 4. The van der Waals surface area contributed by atoms with E-state index in [2.05, 4.69) is 0 Å². The molecule has 1 fully saturated rings. The molecule has 0 unspecified atom stereocenters. The molecule has 0 atom stereocenters. The van der Waals surface area contributed by atoms with Gasteiger partial charge in [0.25, 0.3) is 11.8 Å². The van der Waals surface area contributed by atoms with E-state index < -0.39 is 0 Å². The Morgan fingerprint density at radius 3 is 2.32 bits per heavy atom. The number of ether oxygens (including phenoxy) is 1. The average Bonchev–Trinajstić information content (AvgIpc) is 3.23. The maximum absolute atomic E-state index is 13.3. The minimum Gasteiger partial charge on any atom is -0.489 e. The van der Waals surface area contributed by atoms with Crippen molar-refractivity contribution < 1.29 is 23.1 Å². The quantitative estimate of drug-likeness (QED) is 0.626. The summed E-state index contributed by atoms with van der Waals surface area (Å²) in [5, 5.41) is 0. The summed E-state index contributed by atoms with van der Waals surface area (Å²) in [6.45, 7) is 3.84. The topological polar surface area (TPSA) is 63.0 Å². The van der Waals surface area contributed by atoms with Crippen molar-refractivity contribution in [1.82, 2.24) is 9.80 Å². The van der Waals surface area contributed by atoms with Crippen LogP contribution in [-0.4, -0.2) is 47.8 Å². The molecule has 7 heteroatoms. The summed E-state index contributed by atoms with van der Waals surface area (Å²) in [7, 11) is 0. The fourth-order valence-corrected chi connectivity index (χ4v) is 3.52. The van der Waals surface area contributed by atoms with Crippen LogP contribution in [0.2, 0.25) is 0 Å². The number of benzene rings is 2. The van der Waals surface area contributed by atoms with Crippen LogP contribution in [0.3, 0.4) is 0 Å². The van der Waals surface area contributed by atoms with Crippen molar-refractivity contribution in [3.8, 4) is 5.75 Å². The Hall–Kier alpha value is -3.61. The summed E-state index contributed by atoms with van der Waals surface area (Å²) in [5.41, 5.74) is 1.37. The Labute approximate surface area is 179 Å². The monoisotopic (exact) mass is 422 g/mol. The fraction of sp³-hybridized carbons (Fsp3) is 0.250. The number of hydrogen-bond donors (Lipinski definition) is 0. The maximum Gasteiger partial charge on any atom is 0.289 e. The van der Waals surface area contributed by atoms with E-state index in [1.54, 1.807) is 59.2 Å². The van der Waals surface area contributed by atoms with Crippen LogP contribution in [-0.2, 0) is 6.61 Å². The Morgan fingerprint density at radius 2 is 1.65 bits per heavy atom. The molecule has 4 rings (SSSR count). The van der Waals surface area contributed by atoms with Crippen molar-refractivity contribution in [1.29, 1.82) is 0 Å². The van der Waals surface area contributed by atoms with Crippen molar-refractivity contribution in [2.45, 2.75) is 13.5 Å². The molecule has 160 valence electrons. The van der Waals surface area contributed by atoms with Gasteiger partial charge in [-0.3, -0.25) is 9.59 Å². The van der Waals surface area contributed by atoms with Crippen LogP contribution >= 0.6 is 0 Å². The van der Waals surface area contributed by atoms with Gasteiger partial charge in [0.05, 0.1) is 0 Å². The van der Waals surface area contributed by atoms with Crippen molar-refractivity contribution in [2.24, 2.45) is 0 Å². The van der Waals surface area contributed by atoms with Gasteiger partial charge < -0.3 is 19.0 Å². The van der Waals surface area contributed by atoms with E-state index in [9.17, 15) is 14.0 Å². The largest absolute Gasteiger partial charge is 0.489 e. The number of halogens is 1. The Morgan fingerprint density at radius 1 is 0.935 bits per heavy atom. The van der Waals surface area contributed by atoms with Crippen LogP contribution in [0.25, 0.3) is 0 Å². The highest BCUT2D eigenvalue weighted by Gasteiger charge is 2.27. The lowest BCUT2D eigenvalue weighted by atomic mass is 10.1. The van der Waals surface area contributed by atoms with Gasteiger partial charge >= 0.3 is 0 Å². The number of furan rings is 1. The Balaban J connectivity index is 1.34. The fourth-order valence-electron chi connectivity index (χ4n) is 3.52. The molecule has 2 amide bonds. The first-order valence-corrected chi connectivity index (χ1v) is 10.1. The molecular weight excluding hydrogens is 399 g/mol. The second-order valence-electron chi connectivity index (χ2n) is 7.44. The van der Waals surface area contributed by atoms with Gasteiger partial charge in [0.2, 0.25) is 0 Å². The minimum atomic E-state index is -0.360. The molecule has 0 aliphatic carbocycles. The van der Waals surface area contributed by atoms with Crippen LogP contribution in [0.4, 0.5) is 4.39 Å². The third-order valence-electron chi connectivity index (χ3n) is 5.18. The molecule has 1 aliphatic heterocycles. The van der Waals surface area contributed by atoms with E-state index in [0.29, 0.717) is 49.0 Å². The summed E-state index contributed by atoms with van der Waals surface area (Å²) >= 11 is 0. The first-order chi connectivity index (χ1) is 15.0. The van der Waals surface area contributed by atoms with Gasteiger partial charge in [0.1, 0.15) is 23.9 Å². The molecule has 3 aromatic rings. The number of piperazine rings is 1. The molecule has 0 saturated carbocycles. The summed E-state index contributed by atoms with van der Waals surface area (Å²) < 4.78 is 24.3. The van der Waals surface area contributed by atoms with Crippen LogP contribution in [0.5, 0.6) is 5.75 Å². The van der Waals surface area contributed by atoms with Crippen molar-refractivity contribution in [2.75, 3.05) is 26.2 Å². The lowest BCUT2D eigenvalue weighted by Crippen LogP contribution is -2.50. The highest BCUT2D eigenvalue weighted by atomic mass is 19.1. The van der Waals surface area contributed by atoms with Crippen LogP contribution < -0.4 is 4.74 Å². The second-order valence-corrected chi connectivity index (χ2v) is 7.44. The predicted octanol–water partition coefficient (Wildman–Crippen LogP) is 3.90. The summed E-state index contributed by atoms with van der Waals surface area (Å²) in [6, 6.07) is 16.6. The molecule has 0 bridgehead atoms. The van der Waals surface area contributed by atoms with Crippen LogP contribution in [0, 0.1) is 12.7 Å². The molecule has 0 N–H and O–H groups in total. The smallest absolute Gasteiger partial charge is 0.289 e. The number of amides is 2. The summed E-state index contributed by atoms with van der Waals surface area (Å²) in [4.78, 5) is 28.9. The molecule has 31 heavy (non-hydrogen) atoms. The molecule has 6 nitrogen and oxygen atoms in total. The van der Waals surface area contributed by atoms with Gasteiger partial charge in [-0.05, 0) is 48.9 Å². The van der Waals surface area contributed by atoms with E-state index in [4.69, 9.17) is 9.15 Å². The van der Waals surface area contributed by atoms with Crippen LogP contribution in [0.1, 0.15) is 32.2 Å². The normalized spacial score (nSPS) is 13.9. The second kappa shape index (κ2) is 9.04. The lowest BCUT2D eigenvalue weighted by molar-refractivity contribution is 0.0517. The lowest BCUT2D eigenvalue weighted by Gasteiger charge is -2.34. The van der Waals surface area contributed by atoms with E-state index in [1.807, 2.05) is 6.07 Å². The molecule has 1 saturated heterocycles. The number of rotatable bonds is 5. The van der Waals surface area contributed by atoms with E-state index in [0.717, 1.165) is 5.56 Å². The average molecular weight is 422 g/mol. The van der Waals surface area contributed by atoms with Gasteiger partial charge in [-0.15, -0.1) is 0 Å². The Kier molecular flexibility index (Phi) is 6.02. The molecule has 0 radical (unpaired) electrons. The van der Waals surface area contributed by atoms with E-state index in [-0.39, 0.29) is 24.2 Å². The molecule has 1 aliphatic rings. The molecular formula is C24H23FN2O4.